The minimum absolute atomic E-state index is 0.0959. The number of pyridine rings is 1. The Kier molecular flexibility index (Phi) is 5.35. The van der Waals surface area contributed by atoms with Gasteiger partial charge in [-0.2, -0.15) is 0 Å². The van der Waals surface area contributed by atoms with Crippen molar-refractivity contribution in [1.29, 1.82) is 0 Å². The fourth-order valence-corrected chi connectivity index (χ4v) is 2.52. The molecule has 1 fully saturated rings. The predicted molar refractivity (Wildman–Crippen MR) is 79.1 cm³/mol. The largest absolute Gasteiger partial charge is 0.383 e. The quantitative estimate of drug-likeness (QED) is 0.832. The highest BCUT2D eigenvalue weighted by Gasteiger charge is 2.17. The number of carbonyl (C=O) groups is 1. The van der Waals surface area contributed by atoms with Crippen LogP contribution in [0.1, 0.15) is 30.1 Å². The number of ether oxygens (including phenoxy) is 1. The van der Waals surface area contributed by atoms with Crippen LogP contribution in [0.4, 0.5) is 5.69 Å². The van der Waals surface area contributed by atoms with Gasteiger partial charge in [-0.15, -0.1) is 0 Å². The van der Waals surface area contributed by atoms with Gasteiger partial charge in [0.05, 0.1) is 24.1 Å². The van der Waals surface area contributed by atoms with Gasteiger partial charge < -0.3 is 15.0 Å². The smallest absolute Gasteiger partial charge is 0.253 e. The number of aromatic nitrogens is 1. The third-order valence-electron chi connectivity index (χ3n) is 3.60. The summed E-state index contributed by atoms with van der Waals surface area (Å²) in [6, 6.07) is 1.92. The van der Waals surface area contributed by atoms with E-state index in [1.54, 1.807) is 13.3 Å². The van der Waals surface area contributed by atoms with Crippen molar-refractivity contribution in [3.8, 4) is 0 Å². The lowest BCUT2D eigenvalue weighted by Crippen LogP contribution is -2.34. The fourth-order valence-electron chi connectivity index (χ4n) is 2.52. The van der Waals surface area contributed by atoms with Gasteiger partial charge in [-0.3, -0.25) is 9.78 Å². The zero-order valence-electron chi connectivity index (χ0n) is 12.3. The van der Waals surface area contributed by atoms with Gasteiger partial charge in [0.25, 0.3) is 5.91 Å². The molecule has 1 unspecified atom stereocenters. The third-order valence-corrected chi connectivity index (χ3v) is 3.60. The molecule has 20 heavy (non-hydrogen) atoms. The highest BCUT2D eigenvalue weighted by molar-refractivity contribution is 5.94. The Morgan fingerprint density at radius 2 is 2.40 bits per heavy atom. The molecular weight excluding hydrogens is 254 g/mol. The number of hydrogen-bond donors (Lipinski definition) is 1. The Morgan fingerprint density at radius 3 is 3.15 bits per heavy atom. The molecule has 110 valence electrons. The molecule has 0 saturated carbocycles. The second kappa shape index (κ2) is 7.24. The molecule has 1 aliphatic rings. The van der Waals surface area contributed by atoms with Gasteiger partial charge in [0.2, 0.25) is 0 Å². The number of piperidine rings is 1. The van der Waals surface area contributed by atoms with Crippen LogP contribution in [-0.4, -0.2) is 44.2 Å². The monoisotopic (exact) mass is 277 g/mol. The Hall–Kier alpha value is -1.62. The second-order valence-corrected chi connectivity index (χ2v) is 5.37. The van der Waals surface area contributed by atoms with E-state index in [0.29, 0.717) is 24.6 Å². The number of carbonyl (C=O) groups excluding carboxylic acids is 1. The summed E-state index contributed by atoms with van der Waals surface area (Å²) in [4.78, 5) is 18.5. The highest BCUT2D eigenvalue weighted by Crippen LogP contribution is 2.22. The molecule has 5 heteroatoms. The predicted octanol–water partition coefficient (Wildman–Crippen LogP) is 1.69. The van der Waals surface area contributed by atoms with Crippen LogP contribution in [0.2, 0.25) is 0 Å². The molecular formula is C15H23N3O2. The maximum Gasteiger partial charge on any atom is 0.253 e. The van der Waals surface area contributed by atoms with Crippen LogP contribution in [0.15, 0.2) is 18.5 Å². The van der Waals surface area contributed by atoms with E-state index in [4.69, 9.17) is 4.74 Å². The van der Waals surface area contributed by atoms with Crippen LogP contribution in [0.3, 0.4) is 0 Å². The number of rotatable bonds is 5. The zero-order valence-corrected chi connectivity index (χ0v) is 12.3. The van der Waals surface area contributed by atoms with Crippen molar-refractivity contribution < 1.29 is 9.53 Å². The van der Waals surface area contributed by atoms with E-state index in [0.717, 1.165) is 18.8 Å². The van der Waals surface area contributed by atoms with Crippen LogP contribution in [0.25, 0.3) is 0 Å². The summed E-state index contributed by atoms with van der Waals surface area (Å²) in [6.45, 7) is 5.38. The van der Waals surface area contributed by atoms with Gasteiger partial charge in [-0.05, 0) is 24.8 Å². The highest BCUT2D eigenvalue weighted by atomic mass is 16.5. The summed E-state index contributed by atoms with van der Waals surface area (Å²) in [7, 11) is 1.62. The average Bonchev–Trinajstić information content (AvgIpc) is 2.47. The van der Waals surface area contributed by atoms with Gasteiger partial charge in [-0.25, -0.2) is 0 Å². The lowest BCUT2D eigenvalue weighted by Gasteiger charge is -2.32. The Bertz CT molecular complexity index is 450. The summed E-state index contributed by atoms with van der Waals surface area (Å²) in [6.07, 6.45) is 5.93. The Morgan fingerprint density at radius 1 is 1.55 bits per heavy atom. The molecule has 0 aliphatic carbocycles. The number of anilines is 1. The molecule has 1 amide bonds. The fraction of sp³-hybridized carbons (Fsp3) is 0.600. The first-order valence-corrected chi connectivity index (χ1v) is 7.18. The van der Waals surface area contributed by atoms with Crippen molar-refractivity contribution >= 4 is 11.6 Å². The van der Waals surface area contributed by atoms with Gasteiger partial charge in [0.1, 0.15) is 0 Å². The van der Waals surface area contributed by atoms with Gasteiger partial charge in [-0.1, -0.05) is 6.92 Å². The van der Waals surface area contributed by atoms with E-state index < -0.39 is 0 Å². The van der Waals surface area contributed by atoms with Gasteiger partial charge in [0.15, 0.2) is 0 Å². The molecule has 1 aromatic heterocycles. The van der Waals surface area contributed by atoms with Crippen molar-refractivity contribution in [2.45, 2.75) is 19.8 Å². The standard InChI is InChI=1S/C15H23N3O2/c1-12-4-3-6-18(11-12)14-8-13(9-16-10-14)15(19)17-5-7-20-2/h8-10,12H,3-7,11H2,1-2H3,(H,17,19). The maximum atomic E-state index is 12.0. The average molecular weight is 277 g/mol. The molecule has 2 rings (SSSR count). The first-order valence-electron chi connectivity index (χ1n) is 7.18. The van der Waals surface area contributed by atoms with E-state index >= 15 is 0 Å². The summed E-state index contributed by atoms with van der Waals surface area (Å²) in [5.74, 6) is 0.601. The minimum Gasteiger partial charge on any atom is -0.383 e. The third kappa shape index (κ3) is 3.93. The molecule has 1 N–H and O–H groups in total. The molecule has 1 saturated heterocycles. The van der Waals surface area contributed by atoms with Crippen LogP contribution in [0, 0.1) is 5.92 Å². The van der Waals surface area contributed by atoms with E-state index in [1.165, 1.54) is 12.8 Å². The van der Waals surface area contributed by atoms with Crippen molar-refractivity contribution in [3.05, 3.63) is 24.0 Å². The number of amides is 1. The number of nitrogens with zero attached hydrogens (tertiary/aromatic N) is 2. The lowest BCUT2D eigenvalue weighted by molar-refractivity contribution is 0.0937. The summed E-state index contributed by atoms with van der Waals surface area (Å²) < 4.78 is 4.92. The molecule has 2 heterocycles. The molecule has 1 aromatic rings. The SMILES string of the molecule is COCCNC(=O)c1cncc(N2CCCC(C)C2)c1. The molecule has 0 radical (unpaired) electrons. The van der Waals surface area contributed by atoms with Gasteiger partial charge in [0, 0.05) is 32.9 Å². The second-order valence-electron chi connectivity index (χ2n) is 5.37. The number of nitrogens with one attached hydrogen (secondary N) is 1. The van der Waals surface area contributed by atoms with Crippen molar-refractivity contribution in [1.82, 2.24) is 10.3 Å². The van der Waals surface area contributed by atoms with Gasteiger partial charge >= 0.3 is 0 Å². The van der Waals surface area contributed by atoms with E-state index in [1.807, 2.05) is 12.3 Å². The van der Waals surface area contributed by atoms with Crippen molar-refractivity contribution in [2.75, 3.05) is 38.3 Å². The van der Waals surface area contributed by atoms with E-state index in [2.05, 4.69) is 22.1 Å². The van der Waals surface area contributed by atoms with E-state index in [9.17, 15) is 4.79 Å². The molecule has 1 atom stereocenters. The number of methoxy groups -OCH3 is 1. The Balaban J connectivity index is 2.01. The summed E-state index contributed by atoms with van der Waals surface area (Å²) in [5.41, 5.74) is 1.65. The summed E-state index contributed by atoms with van der Waals surface area (Å²) in [5, 5.41) is 2.82. The molecule has 0 spiro atoms. The summed E-state index contributed by atoms with van der Waals surface area (Å²) >= 11 is 0. The number of hydrogen-bond acceptors (Lipinski definition) is 4. The first-order chi connectivity index (χ1) is 9.70. The van der Waals surface area contributed by atoms with Crippen LogP contribution < -0.4 is 10.2 Å². The van der Waals surface area contributed by atoms with Crippen LogP contribution in [0.5, 0.6) is 0 Å². The van der Waals surface area contributed by atoms with Crippen molar-refractivity contribution in [2.24, 2.45) is 5.92 Å². The molecule has 1 aliphatic heterocycles. The molecule has 0 bridgehead atoms. The van der Waals surface area contributed by atoms with E-state index in [-0.39, 0.29) is 5.91 Å². The molecule has 0 aromatic carbocycles. The topological polar surface area (TPSA) is 54.5 Å². The first kappa shape index (κ1) is 14.8. The van der Waals surface area contributed by atoms with Crippen molar-refractivity contribution in [3.63, 3.8) is 0 Å². The van der Waals surface area contributed by atoms with Crippen LogP contribution >= 0.6 is 0 Å². The lowest BCUT2D eigenvalue weighted by atomic mass is 10.00. The Labute approximate surface area is 120 Å². The van der Waals surface area contributed by atoms with Crippen LogP contribution in [-0.2, 0) is 4.74 Å². The normalized spacial score (nSPS) is 18.9. The maximum absolute atomic E-state index is 12.0. The molecule has 5 nitrogen and oxygen atoms in total. The zero-order chi connectivity index (χ0) is 14.4. The minimum atomic E-state index is -0.0959.